The van der Waals surface area contributed by atoms with Crippen molar-refractivity contribution in [1.29, 1.82) is 0 Å². The van der Waals surface area contributed by atoms with Crippen molar-refractivity contribution in [2.75, 3.05) is 0 Å². The second-order valence-electron chi connectivity index (χ2n) is 10.4. The summed E-state index contributed by atoms with van der Waals surface area (Å²) >= 11 is 7.71. The number of rotatable bonds is 2. The van der Waals surface area contributed by atoms with Gasteiger partial charge in [0.15, 0.2) is 0 Å². The van der Waals surface area contributed by atoms with Gasteiger partial charge < -0.3 is 14.9 Å². The zero-order valence-corrected chi connectivity index (χ0v) is 29.1. The normalized spacial score (nSPS) is 10.5. The van der Waals surface area contributed by atoms with E-state index in [4.69, 9.17) is 11.6 Å². The molecule has 4 aromatic carbocycles. The van der Waals surface area contributed by atoms with Crippen molar-refractivity contribution in [3.8, 4) is 0 Å². The molecule has 0 atom stereocenters. The van der Waals surface area contributed by atoms with Crippen LogP contribution in [0.5, 0.6) is 0 Å². The first-order valence-electron chi connectivity index (χ1n) is 11.0. The van der Waals surface area contributed by atoms with Crippen LogP contribution in [0.15, 0.2) is 72.8 Å². The summed E-state index contributed by atoms with van der Waals surface area (Å²) in [5, 5.41) is 5.39. The molecule has 0 spiro atoms. The maximum absolute atomic E-state index is 6.36. The van der Waals surface area contributed by atoms with Crippen LogP contribution in [0.1, 0.15) is 11.1 Å². The molecule has 0 saturated heterocycles. The Morgan fingerprint density at radius 2 is 0.971 bits per heavy atom. The van der Waals surface area contributed by atoms with E-state index in [0.29, 0.717) is 4.62 Å². The van der Waals surface area contributed by atoms with Gasteiger partial charge in [-0.2, -0.15) is 12.1 Å². The van der Waals surface area contributed by atoms with E-state index in [1.807, 2.05) is 0 Å². The molecular formula is C29H43ClSi3Zr-4. The SMILES string of the molecule is C[Si](C)(C)C(Cl)[Si](C)(C)C.Cc1cc2ccccc2[cH-]1.Cc1cc2ccccc2[cH-]1.[CH3-].[CH3-].[Si]=[Zr]. The molecule has 0 aliphatic carbocycles. The molecule has 2 radical (unpaired) electrons. The van der Waals surface area contributed by atoms with Gasteiger partial charge in [0, 0.05) is 4.62 Å². The van der Waals surface area contributed by atoms with E-state index in [2.05, 4.69) is 133 Å². The third-order valence-corrected chi connectivity index (χ3v) is 17.2. The van der Waals surface area contributed by atoms with Crippen molar-refractivity contribution >= 4 is 56.2 Å². The van der Waals surface area contributed by atoms with Gasteiger partial charge in [0.2, 0.25) is 0 Å². The van der Waals surface area contributed by atoms with E-state index in [9.17, 15) is 0 Å². The molecule has 4 rings (SSSR count). The molecule has 0 N–H and O–H groups in total. The van der Waals surface area contributed by atoms with Gasteiger partial charge in [-0.25, -0.2) is 0 Å². The molecule has 0 aliphatic heterocycles. The summed E-state index contributed by atoms with van der Waals surface area (Å²) in [6.45, 7) is 21.4. The number of hydrogen-bond acceptors (Lipinski definition) is 0. The summed E-state index contributed by atoms with van der Waals surface area (Å²) in [7, 11) is -2.14. The van der Waals surface area contributed by atoms with Gasteiger partial charge in [-0.15, -0.1) is 92.8 Å². The first kappa shape index (κ1) is 35.6. The molecule has 0 aromatic heterocycles. The minimum absolute atomic E-state index is 0. The summed E-state index contributed by atoms with van der Waals surface area (Å²) < 4.78 is 0.514. The van der Waals surface area contributed by atoms with Crippen LogP contribution >= 0.6 is 11.6 Å². The molecule has 186 valence electrons. The van der Waals surface area contributed by atoms with Gasteiger partial charge in [-0.05, 0) is 0 Å². The van der Waals surface area contributed by atoms with Crippen LogP contribution in [0, 0.1) is 28.7 Å². The Morgan fingerprint density at radius 3 is 1.21 bits per heavy atom. The van der Waals surface area contributed by atoms with Gasteiger partial charge >= 0.3 is 30.2 Å². The van der Waals surface area contributed by atoms with Crippen LogP contribution in [0.3, 0.4) is 0 Å². The summed E-state index contributed by atoms with van der Waals surface area (Å²) in [4.78, 5) is 0. The van der Waals surface area contributed by atoms with Crippen molar-refractivity contribution < 1.29 is 23.3 Å². The molecule has 0 saturated carbocycles. The number of aryl methyl sites for hydroxylation is 2. The monoisotopic (exact) mass is 600 g/mol. The maximum atomic E-state index is 6.36. The topological polar surface area (TPSA) is 0 Å². The average Bonchev–Trinajstić information content (AvgIpc) is 3.28. The molecule has 0 bridgehead atoms. The fourth-order valence-corrected chi connectivity index (χ4v) is 14.3. The minimum atomic E-state index is -1.07. The number of benzene rings is 2. The second kappa shape index (κ2) is 16.3. The van der Waals surface area contributed by atoms with Gasteiger partial charge in [0.25, 0.3) is 0 Å². The Hall–Kier alpha value is -0.516. The molecular weight excluding hydrogens is 559 g/mol. The number of hydrogen-bond donors (Lipinski definition) is 0. The zero-order chi connectivity index (χ0) is 24.5. The Balaban J connectivity index is 0. The summed E-state index contributed by atoms with van der Waals surface area (Å²) in [5.74, 6) is 0. The molecule has 0 unspecified atom stereocenters. The standard InChI is InChI=1S/2C10H9.C7H19ClSi2.2CH3.Si.Zr/c2*1-8-6-9-4-2-3-5-10(9)7-8;1-9(2,3)7(8)10(4,5)6;;;;/h2*2-7H,1H3;7H,1-6H3;2*1H3;;/q2*-1;;2*-1;;. The molecule has 0 aliphatic rings. The Kier molecular flexibility index (Phi) is 17.1. The van der Waals surface area contributed by atoms with Crippen LogP contribution in [0.25, 0.3) is 21.5 Å². The van der Waals surface area contributed by atoms with Gasteiger partial charge in [0.05, 0.1) is 16.1 Å². The Labute approximate surface area is 234 Å². The van der Waals surface area contributed by atoms with E-state index >= 15 is 0 Å². The first-order valence-corrected chi connectivity index (χ1v) is 22.8. The van der Waals surface area contributed by atoms with Crippen molar-refractivity contribution in [1.82, 2.24) is 0 Å². The molecule has 0 amide bonds. The molecule has 0 nitrogen and oxygen atoms in total. The van der Waals surface area contributed by atoms with E-state index < -0.39 is 16.1 Å². The van der Waals surface area contributed by atoms with Crippen molar-refractivity contribution in [2.45, 2.75) is 57.8 Å². The van der Waals surface area contributed by atoms with Crippen LogP contribution in [-0.4, -0.2) is 27.7 Å². The van der Waals surface area contributed by atoms with Crippen LogP contribution in [-0.2, 0) is 23.3 Å². The van der Waals surface area contributed by atoms with E-state index in [0.717, 1.165) is 0 Å². The van der Waals surface area contributed by atoms with Crippen LogP contribution in [0.4, 0.5) is 0 Å². The summed E-state index contributed by atoms with van der Waals surface area (Å²) in [6, 6.07) is 25.7. The van der Waals surface area contributed by atoms with Crippen molar-refractivity contribution in [2.24, 2.45) is 0 Å². The predicted molar refractivity (Wildman–Crippen MR) is 163 cm³/mol. The Bertz CT molecular complexity index is 932. The average molecular weight is 603 g/mol. The van der Waals surface area contributed by atoms with E-state index in [-0.39, 0.29) is 14.9 Å². The van der Waals surface area contributed by atoms with Gasteiger partial charge in [-0.1, -0.05) is 65.3 Å². The quantitative estimate of drug-likeness (QED) is 0.122. The summed E-state index contributed by atoms with van der Waals surface area (Å²) in [5.41, 5.74) is 2.70. The fourth-order valence-electron chi connectivity index (χ4n) is 3.91. The number of halogens is 1. The number of alkyl halides is 1. The zero-order valence-electron chi connectivity index (χ0n) is 22.9. The first-order chi connectivity index (χ1) is 14.9. The molecule has 0 heterocycles. The Morgan fingerprint density at radius 1 is 0.676 bits per heavy atom. The summed E-state index contributed by atoms with van der Waals surface area (Å²) in [6.07, 6.45) is 0. The molecule has 4 aromatic rings. The third-order valence-electron chi connectivity index (χ3n) is 5.05. The fraction of sp³-hybridized carbons (Fsp3) is 0.310. The molecule has 5 heteroatoms. The van der Waals surface area contributed by atoms with E-state index in [1.165, 1.54) is 56.0 Å². The van der Waals surface area contributed by atoms with Gasteiger partial charge in [-0.3, -0.25) is 0 Å². The van der Waals surface area contributed by atoms with Gasteiger partial charge in [0.1, 0.15) is 0 Å². The van der Waals surface area contributed by atoms with Crippen molar-refractivity contribution in [3.05, 3.63) is 98.8 Å². The number of fused-ring (bicyclic) bond motifs is 2. The van der Waals surface area contributed by atoms with Crippen LogP contribution < -0.4 is 0 Å². The van der Waals surface area contributed by atoms with Crippen molar-refractivity contribution in [3.63, 3.8) is 0 Å². The predicted octanol–water partition coefficient (Wildman–Crippen LogP) is 9.60. The molecule has 0 fully saturated rings. The second-order valence-corrected chi connectivity index (χ2v) is 22.8. The van der Waals surface area contributed by atoms with E-state index in [1.54, 1.807) is 0 Å². The third kappa shape index (κ3) is 11.9. The van der Waals surface area contributed by atoms with Crippen LogP contribution in [0.2, 0.25) is 39.3 Å². The molecule has 34 heavy (non-hydrogen) atoms.